The van der Waals surface area contributed by atoms with Crippen molar-refractivity contribution in [2.24, 2.45) is 7.05 Å². The Hall–Kier alpha value is -2.98. The van der Waals surface area contributed by atoms with Crippen LogP contribution in [0.1, 0.15) is 45.6 Å². The number of aromatic nitrogens is 3. The minimum atomic E-state index is -0.691. The lowest BCUT2D eigenvalue weighted by Gasteiger charge is -2.27. The number of hydrogen-bond donors (Lipinski definition) is 3. The molecule has 0 saturated carbocycles. The van der Waals surface area contributed by atoms with Crippen LogP contribution in [0.25, 0.3) is 10.2 Å². The Morgan fingerprint density at radius 1 is 1.37 bits per heavy atom. The van der Waals surface area contributed by atoms with Crippen LogP contribution in [-0.2, 0) is 20.1 Å². The number of nitrogens with zero attached hydrogens (tertiary/aromatic N) is 3. The number of pyridine rings is 1. The number of hydrogen-bond acceptors (Lipinski definition) is 6. The molecular weight excluding hydrogens is 486 g/mol. The molecule has 3 N–H and O–H groups in total. The number of benzene rings is 1. The van der Waals surface area contributed by atoms with Gasteiger partial charge in [-0.15, -0.1) is 11.3 Å². The van der Waals surface area contributed by atoms with Crippen LogP contribution in [0.4, 0.5) is 0 Å². The van der Waals surface area contributed by atoms with E-state index in [1.165, 1.54) is 0 Å². The van der Waals surface area contributed by atoms with Crippen molar-refractivity contribution in [2.75, 3.05) is 6.54 Å². The number of thiophene rings is 1. The van der Waals surface area contributed by atoms with E-state index in [9.17, 15) is 14.7 Å². The van der Waals surface area contributed by atoms with Crippen molar-refractivity contribution in [3.8, 4) is 0 Å². The van der Waals surface area contributed by atoms with E-state index in [2.05, 4.69) is 20.2 Å². The first-order chi connectivity index (χ1) is 16.9. The predicted molar refractivity (Wildman–Crippen MR) is 137 cm³/mol. The lowest BCUT2D eigenvalue weighted by Crippen LogP contribution is -2.34. The van der Waals surface area contributed by atoms with E-state index in [-0.39, 0.29) is 17.0 Å². The molecule has 1 fully saturated rings. The van der Waals surface area contributed by atoms with E-state index < -0.39 is 12.0 Å². The van der Waals surface area contributed by atoms with Gasteiger partial charge in [-0.25, -0.2) is 4.98 Å². The third-order valence-electron chi connectivity index (χ3n) is 6.44. The number of H-pyrrole nitrogens is 1. The first kappa shape index (κ1) is 23.7. The number of carbonyl (C=O) groups is 1. The van der Waals surface area contributed by atoms with Crippen LogP contribution in [0.15, 0.2) is 53.7 Å². The summed E-state index contributed by atoms with van der Waals surface area (Å²) >= 11 is 7.46. The maximum Gasteiger partial charge on any atom is 0.257 e. The molecule has 5 rings (SSSR count). The van der Waals surface area contributed by atoms with Gasteiger partial charge in [0, 0.05) is 54.7 Å². The normalized spacial score (nSPS) is 17.2. The van der Waals surface area contributed by atoms with Crippen molar-refractivity contribution in [3.05, 3.63) is 86.0 Å². The summed E-state index contributed by atoms with van der Waals surface area (Å²) < 4.78 is 1.83. The van der Waals surface area contributed by atoms with Crippen molar-refractivity contribution in [1.82, 2.24) is 24.8 Å². The standard InChI is InChI=1S/C25H26ClN5O3S/c1-30-14-19(24(34)29-12-15-4-6-16(26)7-5-15)21(32)18-11-17(35-25(18)30)13-31-10-2-3-20(31)22(33)23-27-8-9-28-23/h4-9,11,14,20,22,33H,2-3,10,12-13H2,1H3,(H,27,28)(H,29,34)/t20-,22?/m1/s1. The van der Waals surface area contributed by atoms with Crippen molar-refractivity contribution in [2.45, 2.75) is 38.1 Å². The van der Waals surface area contributed by atoms with Gasteiger partial charge in [0.05, 0.1) is 5.39 Å². The van der Waals surface area contributed by atoms with Crippen molar-refractivity contribution < 1.29 is 9.90 Å². The molecule has 0 aliphatic carbocycles. The minimum Gasteiger partial charge on any atom is -0.384 e. The number of aliphatic hydroxyl groups is 1. The highest BCUT2D eigenvalue weighted by Gasteiger charge is 2.33. The average Bonchev–Trinajstić information content (AvgIpc) is 3.62. The maximum absolute atomic E-state index is 13.2. The minimum absolute atomic E-state index is 0.0407. The molecule has 0 radical (unpaired) electrons. The number of halogens is 1. The lowest BCUT2D eigenvalue weighted by atomic mass is 10.1. The van der Waals surface area contributed by atoms with Crippen molar-refractivity contribution >= 4 is 39.1 Å². The zero-order valence-electron chi connectivity index (χ0n) is 19.2. The van der Waals surface area contributed by atoms with Crippen LogP contribution >= 0.6 is 22.9 Å². The SMILES string of the molecule is Cn1cc(C(=O)NCc2ccc(Cl)cc2)c(=O)c2cc(CN3CCC[C@@H]3C(O)c3ncc[nH]3)sc21. The third-order valence-corrected chi connectivity index (χ3v) is 7.91. The molecule has 1 amide bonds. The average molecular weight is 512 g/mol. The lowest BCUT2D eigenvalue weighted by molar-refractivity contribution is 0.0635. The van der Waals surface area contributed by atoms with Gasteiger partial charge in [-0.2, -0.15) is 0 Å². The zero-order valence-corrected chi connectivity index (χ0v) is 20.8. The Kier molecular flexibility index (Phi) is 6.75. The molecular formula is C25H26ClN5O3S. The number of nitrogens with one attached hydrogen (secondary N) is 2. The van der Waals surface area contributed by atoms with E-state index >= 15 is 0 Å². The number of imidazole rings is 1. The van der Waals surface area contributed by atoms with E-state index in [1.54, 1.807) is 42.1 Å². The summed E-state index contributed by atoms with van der Waals surface area (Å²) in [6, 6.07) is 9.04. The van der Waals surface area contributed by atoms with Crippen LogP contribution in [0, 0.1) is 0 Å². The fraction of sp³-hybridized carbons (Fsp3) is 0.320. The van der Waals surface area contributed by atoms with Crippen molar-refractivity contribution in [3.63, 3.8) is 0 Å². The summed E-state index contributed by atoms with van der Waals surface area (Å²) in [6.07, 6.45) is 6.13. The second kappa shape index (κ2) is 9.94. The molecule has 0 spiro atoms. The molecule has 1 aliphatic rings. The Balaban J connectivity index is 1.35. The van der Waals surface area contributed by atoms with Gasteiger partial charge in [-0.3, -0.25) is 14.5 Å². The molecule has 4 aromatic rings. The van der Waals surface area contributed by atoms with Gasteiger partial charge >= 0.3 is 0 Å². The molecule has 1 aliphatic heterocycles. The smallest absolute Gasteiger partial charge is 0.257 e. The number of aryl methyl sites for hydroxylation is 1. The number of aliphatic hydroxyl groups excluding tert-OH is 1. The third kappa shape index (κ3) is 4.90. The van der Waals surface area contributed by atoms with Gasteiger partial charge in [0.15, 0.2) is 0 Å². The van der Waals surface area contributed by atoms with Gasteiger partial charge in [-0.05, 0) is 43.1 Å². The number of rotatable bonds is 7. The van der Waals surface area contributed by atoms with Crippen LogP contribution in [0.2, 0.25) is 5.02 Å². The molecule has 1 aromatic carbocycles. The number of amides is 1. The second-order valence-electron chi connectivity index (χ2n) is 8.82. The highest BCUT2D eigenvalue weighted by molar-refractivity contribution is 7.18. The van der Waals surface area contributed by atoms with E-state index in [0.717, 1.165) is 34.7 Å². The van der Waals surface area contributed by atoms with Gasteiger partial charge in [-0.1, -0.05) is 23.7 Å². The number of fused-ring (bicyclic) bond motifs is 1. The van der Waals surface area contributed by atoms with Gasteiger partial charge < -0.3 is 20.0 Å². The Morgan fingerprint density at radius 3 is 2.91 bits per heavy atom. The quantitative estimate of drug-likeness (QED) is 0.352. The largest absolute Gasteiger partial charge is 0.384 e. The van der Waals surface area contributed by atoms with Gasteiger partial charge in [0.2, 0.25) is 5.43 Å². The predicted octanol–water partition coefficient (Wildman–Crippen LogP) is 3.60. The van der Waals surface area contributed by atoms with E-state index in [1.807, 2.05) is 29.8 Å². The fourth-order valence-corrected chi connectivity index (χ4v) is 5.90. The van der Waals surface area contributed by atoms with Crippen molar-refractivity contribution in [1.29, 1.82) is 0 Å². The molecule has 4 heterocycles. The summed E-state index contributed by atoms with van der Waals surface area (Å²) in [5, 5.41) is 14.8. The Morgan fingerprint density at radius 2 is 2.17 bits per heavy atom. The van der Waals surface area contributed by atoms with Crippen LogP contribution in [0.5, 0.6) is 0 Å². The van der Waals surface area contributed by atoms with Gasteiger partial charge in [0.1, 0.15) is 22.3 Å². The summed E-state index contributed by atoms with van der Waals surface area (Å²) in [6.45, 7) is 1.80. The number of likely N-dealkylation sites (tertiary alicyclic amines) is 1. The van der Waals surface area contributed by atoms with Crippen LogP contribution in [0.3, 0.4) is 0 Å². The van der Waals surface area contributed by atoms with Crippen LogP contribution < -0.4 is 10.7 Å². The second-order valence-corrected chi connectivity index (χ2v) is 10.4. The monoisotopic (exact) mass is 511 g/mol. The highest BCUT2D eigenvalue weighted by Crippen LogP contribution is 2.32. The van der Waals surface area contributed by atoms with Gasteiger partial charge in [0.25, 0.3) is 5.91 Å². The highest BCUT2D eigenvalue weighted by atomic mass is 35.5. The van der Waals surface area contributed by atoms with Crippen LogP contribution in [-0.4, -0.2) is 43.0 Å². The maximum atomic E-state index is 13.2. The number of carbonyl (C=O) groups excluding carboxylic acids is 1. The molecule has 1 saturated heterocycles. The van der Waals surface area contributed by atoms with E-state index in [4.69, 9.17) is 11.6 Å². The molecule has 8 nitrogen and oxygen atoms in total. The summed E-state index contributed by atoms with van der Waals surface area (Å²) in [5.74, 6) is 0.164. The molecule has 0 bridgehead atoms. The summed E-state index contributed by atoms with van der Waals surface area (Å²) in [5.41, 5.74) is 0.740. The first-order valence-corrected chi connectivity index (χ1v) is 12.7. The Bertz CT molecular complexity index is 1400. The first-order valence-electron chi connectivity index (χ1n) is 11.5. The zero-order chi connectivity index (χ0) is 24.5. The molecule has 2 atom stereocenters. The van der Waals surface area contributed by atoms with E-state index in [0.29, 0.717) is 29.3 Å². The molecule has 35 heavy (non-hydrogen) atoms. The fourth-order valence-electron chi connectivity index (χ4n) is 4.66. The molecule has 3 aromatic heterocycles. The molecule has 1 unspecified atom stereocenters. The molecule has 182 valence electrons. The topological polar surface area (TPSA) is 103 Å². The number of aromatic amines is 1. The summed E-state index contributed by atoms with van der Waals surface area (Å²) in [7, 11) is 1.84. The Labute approximate surface area is 211 Å². The summed E-state index contributed by atoms with van der Waals surface area (Å²) in [4.78, 5) is 37.3. The molecule has 10 heteroatoms.